The van der Waals surface area contributed by atoms with Crippen molar-refractivity contribution in [3.63, 3.8) is 0 Å². The van der Waals surface area contributed by atoms with Crippen molar-refractivity contribution in [2.45, 2.75) is 17.9 Å². The van der Waals surface area contributed by atoms with Crippen LogP contribution in [-0.4, -0.2) is 5.11 Å². The van der Waals surface area contributed by atoms with Crippen LogP contribution >= 0.6 is 10.7 Å². The molecule has 1 rings (SSSR count). The van der Waals surface area contributed by atoms with Crippen LogP contribution in [0.15, 0.2) is 23.1 Å². The largest absolute Gasteiger partial charge is 0.389 e. The van der Waals surface area contributed by atoms with Crippen LogP contribution in [0.5, 0.6) is 0 Å². The van der Waals surface area contributed by atoms with E-state index in [1.54, 1.807) is 0 Å². The van der Waals surface area contributed by atoms with Gasteiger partial charge in [-0.05, 0) is 19.1 Å². The summed E-state index contributed by atoms with van der Waals surface area (Å²) in [6, 6.07) is 1.23. The standard InChI is InChI=1S/C8H9F5OS/c1-5(14)7-3-2-6(4-8(7)9)15(10,11,12)13/h2-5,14-15H,1H3. The molecule has 1 nitrogen and oxygen atoms in total. The highest BCUT2D eigenvalue weighted by atomic mass is 32.4. The Bertz CT molecular complexity index is 375. The molecule has 15 heavy (non-hydrogen) atoms. The number of rotatable bonds is 2. The maximum atomic E-state index is 13.0. The van der Waals surface area contributed by atoms with Gasteiger partial charge in [0.2, 0.25) is 0 Å². The van der Waals surface area contributed by atoms with E-state index in [2.05, 4.69) is 0 Å². The summed E-state index contributed by atoms with van der Waals surface area (Å²) in [5.41, 5.74) is -0.292. The number of hydrogen-bond donors (Lipinski definition) is 2. The zero-order valence-electron chi connectivity index (χ0n) is 7.59. The summed E-state index contributed by atoms with van der Waals surface area (Å²) in [5, 5.41) is 8.96. The number of aliphatic hydroxyl groups is 1. The Morgan fingerprint density at radius 1 is 1.20 bits per heavy atom. The predicted octanol–water partition coefficient (Wildman–Crippen LogP) is 3.85. The Morgan fingerprint density at radius 3 is 2.07 bits per heavy atom. The van der Waals surface area contributed by atoms with Gasteiger partial charge in [0.1, 0.15) is 5.82 Å². The maximum absolute atomic E-state index is 13.0. The topological polar surface area (TPSA) is 20.2 Å². The predicted molar refractivity (Wildman–Crippen MR) is 48.7 cm³/mol. The second kappa shape index (κ2) is 3.34. The lowest BCUT2D eigenvalue weighted by molar-refractivity contribution is 0.194. The van der Waals surface area contributed by atoms with E-state index in [1.165, 1.54) is 6.92 Å². The van der Waals surface area contributed by atoms with Crippen LogP contribution in [0, 0.1) is 5.82 Å². The van der Waals surface area contributed by atoms with E-state index in [1.807, 2.05) is 0 Å². The van der Waals surface area contributed by atoms with E-state index < -0.39 is 27.5 Å². The van der Waals surface area contributed by atoms with Gasteiger partial charge in [-0.15, -0.1) is 15.5 Å². The molecule has 0 spiro atoms. The molecule has 0 fully saturated rings. The van der Waals surface area contributed by atoms with Crippen molar-refractivity contribution in [1.29, 1.82) is 0 Å². The van der Waals surface area contributed by atoms with Crippen LogP contribution in [-0.2, 0) is 0 Å². The lowest BCUT2D eigenvalue weighted by Gasteiger charge is -2.29. The molecule has 0 aliphatic rings. The molecule has 0 saturated carbocycles. The highest BCUT2D eigenvalue weighted by Gasteiger charge is 2.40. The molecule has 1 atom stereocenters. The van der Waals surface area contributed by atoms with Crippen molar-refractivity contribution < 1.29 is 25.0 Å². The summed E-state index contributed by atoms with van der Waals surface area (Å²) < 4.78 is 61.9. The summed E-state index contributed by atoms with van der Waals surface area (Å²) in [6.45, 7) is 1.20. The number of thiol groups is 1. The first-order valence-corrected chi connectivity index (χ1v) is 5.75. The van der Waals surface area contributed by atoms with Gasteiger partial charge in [0.05, 0.1) is 11.0 Å². The second-order valence-corrected chi connectivity index (χ2v) is 5.06. The molecule has 1 N–H and O–H groups in total. The summed E-state index contributed by atoms with van der Waals surface area (Å²) in [5.74, 6) is -1.26. The van der Waals surface area contributed by atoms with Crippen LogP contribution in [0.1, 0.15) is 18.6 Å². The summed E-state index contributed by atoms with van der Waals surface area (Å²) >= 11 is 0. The molecule has 0 aliphatic heterocycles. The van der Waals surface area contributed by atoms with Crippen molar-refractivity contribution in [2.75, 3.05) is 0 Å². The minimum absolute atomic E-state index is 0.0693. The number of benzene rings is 1. The monoisotopic (exact) mass is 248 g/mol. The van der Waals surface area contributed by atoms with Gasteiger partial charge in [0.25, 0.3) is 0 Å². The molecule has 1 unspecified atom stereocenters. The SMILES string of the molecule is CC(O)c1ccc([SH](F)(F)(F)F)cc1F. The fraction of sp³-hybridized carbons (Fsp3) is 0.250. The molecule has 1 aromatic rings. The van der Waals surface area contributed by atoms with Gasteiger partial charge in [-0.2, -0.15) is 0 Å². The van der Waals surface area contributed by atoms with Crippen molar-refractivity contribution in [3.05, 3.63) is 29.6 Å². The molecule has 0 aromatic heterocycles. The lowest BCUT2D eigenvalue weighted by atomic mass is 10.1. The van der Waals surface area contributed by atoms with Crippen LogP contribution in [0.4, 0.5) is 19.9 Å². The summed E-state index contributed by atoms with van der Waals surface area (Å²) in [4.78, 5) is -1.61. The van der Waals surface area contributed by atoms with Crippen LogP contribution in [0.2, 0.25) is 0 Å². The molecule has 0 saturated heterocycles. The molecule has 0 bridgehead atoms. The van der Waals surface area contributed by atoms with E-state index in [0.717, 1.165) is 6.07 Å². The van der Waals surface area contributed by atoms with E-state index in [-0.39, 0.29) is 11.6 Å². The van der Waals surface area contributed by atoms with E-state index >= 15 is 0 Å². The molecule has 0 aliphatic carbocycles. The van der Waals surface area contributed by atoms with E-state index in [4.69, 9.17) is 5.11 Å². The zero-order valence-corrected chi connectivity index (χ0v) is 8.49. The van der Waals surface area contributed by atoms with Gasteiger partial charge in [-0.25, -0.2) is 4.39 Å². The minimum atomic E-state index is -7.91. The Morgan fingerprint density at radius 2 is 1.73 bits per heavy atom. The first kappa shape index (κ1) is 12.3. The normalized spacial score (nSPS) is 16.9. The molecular formula is C8H9F5OS. The van der Waals surface area contributed by atoms with Gasteiger partial charge in [0, 0.05) is 5.56 Å². The fourth-order valence-corrected chi connectivity index (χ4v) is 1.67. The van der Waals surface area contributed by atoms with E-state index in [0.29, 0.717) is 6.07 Å². The first-order valence-electron chi connectivity index (χ1n) is 3.95. The molecule has 1 aromatic carbocycles. The minimum Gasteiger partial charge on any atom is -0.389 e. The molecular weight excluding hydrogens is 239 g/mol. The Kier molecular flexibility index (Phi) is 2.73. The van der Waals surface area contributed by atoms with Gasteiger partial charge in [0.15, 0.2) is 10.7 Å². The van der Waals surface area contributed by atoms with Crippen molar-refractivity contribution in [3.8, 4) is 0 Å². The summed E-state index contributed by atoms with van der Waals surface area (Å²) in [6.07, 6.45) is -1.23. The Hall–Kier alpha value is -0.820. The number of halogens is 5. The number of hydrogen-bond acceptors (Lipinski definition) is 1. The average Bonchev–Trinajstić information content (AvgIpc) is 2.00. The molecule has 0 amide bonds. The van der Waals surface area contributed by atoms with Gasteiger partial charge < -0.3 is 5.11 Å². The second-order valence-electron chi connectivity index (χ2n) is 3.10. The Labute approximate surface area is 84.0 Å². The first-order chi connectivity index (χ1) is 6.58. The third-order valence-electron chi connectivity index (χ3n) is 1.82. The van der Waals surface area contributed by atoms with Crippen molar-refractivity contribution in [2.24, 2.45) is 0 Å². The molecule has 88 valence electrons. The molecule has 0 heterocycles. The fourth-order valence-electron chi connectivity index (χ4n) is 1.07. The lowest BCUT2D eigenvalue weighted by Crippen LogP contribution is -1.99. The highest BCUT2D eigenvalue weighted by molar-refractivity contribution is 8.33. The van der Waals surface area contributed by atoms with Gasteiger partial charge in [-0.3, -0.25) is 0 Å². The Balaban J connectivity index is 3.25. The number of aliphatic hydroxyl groups excluding tert-OH is 1. The van der Waals surface area contributed by atoms with Crippen molar-refractivity contribution >= 4 is 10.7 Å². The van der Waals surface area contributed by atoms with Crippen LogP contribution in [0.25, 0.3) is 0 Å². The zero-order chi connectivity index (χ0) is 11.9. The van der Waals surface area contributed by atoms with Crippen LogP contribution in [0.3, 0.4) is 0 Å². The smallest absolute Gasteiger partial charge is 0.179 e. The highest BCUT2D eigenvalue weighted by Crippen LogP contribution is 2.81. The quantitative estimate of drug-likeness (QED) is 0.601. The maximum Gasteiger partial charge on any atom is 0.179 e. The molecule has 0 radical (unpaired) electrons. The van der Waals surface area contributed by atoms with Crippen LogP contribution < -0.4 is 0 Å². The summed E-state index contributed by atoms with van der Waals surface area (Å²) in [7, 11) is -7.91. The van der Waals surface area contributed by atoms with E-state index in [9.17, 15) is 19.9 Å². The third-order valence-corrected chi connectivity index (χ3v) is 2.88. The third kappa shape index (κ3) is 2.82. The molecule has 7 heteroatoms. The van der Waals surface area contributed by atoms with Gasteiger partial charge in [-0.1, -0.05) is 6.07 Å². The van der Waals surface area contributed by atoms with Gasteiger partial charge >= 0.3 is 0 Å². The van der Waals surface area contributed by atoms with Crippen molar-refractivity contribution in [1.82, 2.24) is 0 Å². The average molecular weight is 248 g/mol.